The van der Waals surface area contributed by atoms with E-state index < -0.39 is 35.1 Å². The lowest BCUT2D eigenvalue weighted by atomic mass is 9.65. The van der Waals surface area contributed by atoms with Gasteiger partial charge in [0.1, 0.15) is 11.6 Å². The lowest BCUT2D eigenvalue weighted by Gasteiger charge is -2.38. The standard InChI is InChI=1S/C29H43N3O5/c1-5-7-11-16-30-26(35)24-29-15-14-28(6-2,37-29)22(25(34)31-20-12-9-8-10-13-20)23(29)27(36)32(24)21(18-33)17-19(3)4/h8-10,12-13,19,21-24,33H,5-7,11,14-18H2,1-4H3,(H,30,35)(H,31,34)/t21-,22-,23+,24?,28+,29?/m1/s1. The monoisotopic (exact) mass is 513 g/mol. The quantitative estimate of drug-likeness (QED) is 0.371. The predicted octanol–water partition coefficient (Wildman–Crippen LogP) is 3.49. The van der Waals surface area contributed by atoms with Gasteiger partial charge in [-0.2, -0.15) is 0 Å². The molecule has 8 nitrogen and oxygen atoms in total. The molecule has 2 unspecified atom stereocenters. The Morgan fingerprint density at radius 3 is 2.49 bits per heavy atom. The highest BCUT2D eigenvalue weighted by Crippen LogP contribution is 2.64. The number of amides is 3. The van der Waals surface area contributed by atoms with E-state index in [1.54, 1.807) is 4.90 Å². The normalized spacial score (nSPS) is 31.0. The van der Waals surface area contributed by atoms with Crippen molar-refractivity contribution in [3.8, 4) is 0 Å². The van der Waals surface area contributed by atoms with Crippen molar-refractivity contribution in [1.82, 2.24) is 10.2 Å². The molecule has 6 atom stereocenters. The summed E-state index contributed by atoms with van der Waals surface area (Å²) in [5.74, 6) is -2.01. The molecule has 204 valence electrons. The Morgan fingerprint density at radius 1 is 1.14 bits per heavy atom. The van der Waals surface area contributed by atoms with Gasteiger partial charge in [-0.25, -0.2) is 0 Å². The summed E-state index contributed by atoms with van der Waals surface area (Å²) in [6.45, 7) is 8.44. The van der Waals surface area contributed by atoms with E-state index in [0.29, 0.717) is 37.9 Å². The average molecular weight is 514 g/mol. The molecule has 8 heteroatoms. The van der Waals surface area contributed by atoms with Crippen molar-refractivity contribution in [3.05, 3.63) is 30.3 Å². The van der Waals surface area contributed by atoms with E-state index in [4.69, 9.17) is 4.74 Å². The first-order chi connectivity index (χ1) is 17.7. The molecule has 1 aromatic rings. The zero-order valence-electron chi connectivity index (χ0n) is 22.7. The van der Waals surface area contributed by atoms with Crippen LogP contribution < -0.4 is 10.6 Å². The summed E-state index contributed by atoms with van der Waals surface area (Å²) in [4.78, 5) is 43.4. The molecule has 3 aliphatic heterocycles. The molecule has 1 spiro atoms. The number of carbonyl (C=O) groups excluding carboxylic acids is 3. The molecule has 0 aromatic heterocycles. The molecule has 0 aliphatic carbocycles. The minimum Gasteiger partial charge on any atom is -0.394 e. The molecule has 1 aromatic carbocycles. The fourth-order valence-electron chi connectivity index (χ4n) is 6.99. The molecule has 3 N–H and O–H groups in total. The summed E-state index contributed by atoms with van der Waals surface area (Å²) in [5.41, 5.74) is -1.21. The van der Waals surface area contributed by atoms with Crippen molar-refractivity contribution in [2.24, 2.45) is 17.8 Å². The van der Waals surface area contributed by atoms with Crippen LogP contribution in [0.2, 0.25) is 0 Å². The van der Waals surface area contributed by atoms with Crippen molar-refractivity contribution >= 4 is 23.4 Å². The topological polar surface area (TPSA) is 108 Å². The van der Waals surface area contributed by atoms with Crippen molar-refractivity contribution in [1.29, 1.82) is 0 Å². The highest BCUT2D eigenvalue weighted by Gasteiger charge is 2.79. The van der Waals surface area contributed by atoms with Crippen LogP contribution in [-0.2, 0) is 19.1 Å². The van der Waals surface area contributed by atoms with Crippen LogP contribution in [0.5, 0.6) is 0 Å². The Morgan fingerprint density at radius 2 is 1.86 bits per heavy atom. The summed E-state index contributed by atoms with van der Waals surface area (Å²) in [6, 6.07) is 7.83. The maximum atomic E-state index is 14.2. The number of para-hydroxylation sites is 1. The number of rotatable bonds is 12. The smallest absolute Gasteiger partial charge is 0.245 e. The number of aliphatic hydroxyl groups excluding tert-OH is 1. The first-order valence-corrected chi connectivity index (χ1v) is 14.0. The van der Waals surface area contributed by atoms with Crippen molar-refractivity contribution in [2.45, 2.75) is 95.9 Å². The molecule has 0 saturated carbocycles. The van der Waals surface area contributed by atoms with E-state index in [1.807, 2.05) is 51.1 Å². The molecular weight excluding hydrogens is 470 g/mol. The lowest BCUT2D eigenvalue weighted by Crippen LogP contribution is -2.58. The predicted molar refractivity (Wildman–Crippen MR) is 142 cm³/mol. The van der Waals surface area contributed by atoms with Gasteiger partial charge in [-0.1, -0.05) is 58.7 Å². The van der Waals surface area contributed by atoms with E-state index in [9.17, 15) is 19.5 Å². The van der Waals surface area contributed by atoms with E-state index in [0.717, 1.165) is 19.3 Å². The lowest BCUT2D eigenvalue weighted by molar-refractivity contribution is -0.150. The Balaban J connectivity index is 1.72. The Kier molecular flexibility index (Phi) is 8.29. The van der Waals surface area contributed by atoms with E-state index in [-0.39, 0.29) is 30.2 Å². The van der Waals surface area contributed by atoms with Gasteiger partial charge in [-0.05, 0) is 50.2 Å². The molecule has 0 radical (unpaired) electrons. The average Bonchev–Trinajstić information content (AvgIpc) is 3.49. The number of hydrogen-bond donors (Lipinski definition) is 3. The Labute approximate surface area is 220 Å². The van der Waals surface area contributed by atoms with Crippen LogP contribution in [0.15, 0.2) is 30.3 Å². The maximum absolute atomic E-state index is 14.2. The van der Waals surface area contributed by atoms with Crippen LogP contribution >= 0.6 is 0 Å². The molecule has 3 heterocycles. The van der Waals surface area contributed by atoms with Gasteiger partial charge in [0.15, 0.2) is 0 Å². The molecule has 2 bridgehead atoms. The number of benzene rings is 1. The molecule has 3 fully saturated rings. The van der Waals surface area contributed by atoms with Gasteiger partial charge in [0.25, 0.3) is 0 Å². The molecule has 3 aliphatic rings. The van der Waals surface area contributed by atoms with Crippen molar-refractivity contribution in [3.63, 3.8) is 0 Å². The zero-order valence-corrected chi connectivity index (χ0v) is 22.7. The Hall–Kier alpha value is -2.45. The van der Waals surface area contributed by atoms with Crippen molar-refractivity contribution in [2.75, 3.05) is 18.5 Å². The van der Waals surface area contributed by atoms with Crippen molar-refractivity contribution < 1.29 is 24.2 Å². The number of aliphatic hydroxyl groups is 1. The number of fused-ring (bicyclic) bond motifs is 1. The number of nitrogens with one attached hydrogen (secondary N) is 2. The van der Waals surface area contributed by atoms with Gasteiger partial charge >= 0.3 is 0 Å². The van der Waals surface area contributed by atoms with Crippen LogP contribution in [0.1, 0.15) is 72.6 Å². The third-order valence-electron chi connectivity index (χ3n) is 8.62. The number of hydrogen-bond acceptors (Lipinski definition) is 5. The fourth-order valence-corrected chi connectivity index (χ4v) is 6.99. The van der Waals surface area contributed by atoms with Gasteiger partial charge in [0.05, 0.1) is 30.1 Å². The number of nitrogens with zero attached hydrogens (tertiary/aromatic N) is 1. The second-order valence-electron chi connectivity index (χ2n) is 11.4. The minimum absolute atomic E-state index is 0.215. The highest BCUT2D eigenvalue weighted by atomic mass is 16.5. The van der Waals surface area contributed by atoms with Gasteiger partial charge in [0.2, 0.25) is 17.7 Å². The largest absolute Gasteiger partial charge is 0.394 e. The summed E-state index contributed by atoms with van der Waals surface area (Å²) in [7, 11) is 0. The second kappa shape index (κ2) is 11.1. The van der Waals surface area contributed by atoms with Gasteiger partial charge in [-0.15, -0.1) is 0 Å². The molecule has 3 amide bonds. The molecule has 4 rings (SSSR count). The summed E-state index contributed by atoms with van der Waals surface area (Å²) in [5, 5.41) is 16.4. The second-order valence-corrected chi connectivity index (χ2v) is 11.4. The van der Waals surface area contributed by atoms with Crippen LogP contribution in [-0.4, -0.2) is 64.2 Å². The number of ether oxygens (including phenoxy) is 1. The van der Waals surface area contributed by atoms with Gasteiger partial charge < -0.3 is 25.4 Å². The summed E-state index contributed by atoms with van der Waals surface area (Å²) >= 11 is 0. The first-order valence-electron chi connectivity index (χ1n) is 14.0. The van der Waals surface area contributed by atoms with Crippen LogP contribution in [0, 0.1) is 17.8 Å². The van der Waals surface area contributed by atoms with E-state index >= 15 is 0 Å². The van der Waals surface area contributed by atoms with Gasteiger partial charge in [0, 0.05) is 12.2 Å². The van der Waals surface area contributed by atoms with Crippen LogP contribution in [0.25, 0.3) is 0 Å². The Bertz CT molecular complexity index is 985. The number of carbonyl (C=O) groups is 3. The number of likely N-dealkylation sites (tertiary alicyclic amines) is 1. The van der Waals surface area contributed by atoms with Crippen LogP contribution in [0.3, 0.4) is 0 Å². The molecule has 37 heavy (non-hydrogen) atoms. The first kappa shape index (κ1) is 27.6. The molecule has 3 saturated heterocycles. The fraction of sp³-hybridized carbons (Fsp3) is 0.690. The summed E-state index contributed by atoms with van der Waals surface area (Å²) < 4.78 is 6.79. The van der Waals surface area contributed by atoms with E-state index in [1.165, 1.54) is 0 Å². The molecular formula is C29H43N3O5. The summed E-state index contributed by atoms with van der Waals surface area (Å²) in [6.07, 6.45) is 5.19. The maximum Gasteiger partial charge on any atom is 0.245 e. The van der Waals surface area contributed by atoms with Crippen LogP contribution in [0.4, 0.5) is 5.69 Å². The third-order valence-corrected chi connectivity index (χ3v) is 8.62. The third kappa shape index (κ3) is 4.78. The number of unbranched alkanes of at least 4 members (excludes halogenated alkanes) is 2. The van der Waals surface area contributed by atoms with Gasteiger partial charge in [-0.3, -0.25) is 14.4 Å². The minimum atomic E-state index is -1.08. The zero-order chi connectivity index (χ0) is 26.8. The number of anilines is 1. The van der Waals surface area contributed by atoms with E-state index in [2.05, 4.69) is 17.6 Å². The SMILES string of the molecule is CCCCCNC(=O)C1N([C@@H](CO)CC(C)C)C(=O)[C@@H]2[C@H](C(=O)Nc3ccccc3)[C@]3(CC)CCC12O3. The highest BCUT2D eigenvalue weighted by molar-refractivity contribution is 6.02.